The van der Waals surface area contributed by atoms with E-state index in [1.807, 2.05) is 0 Å². The largest absolute Gasteiger partial charge is 0.477 e. The first-order valence-electron chi connectivity index (χ1n) is 7.17. The minimum atomic E-state index is -3.05. The molecule has 8 heteroatoms. The number of carboxylic acids is 1. The highest BCUT2D eigenvalue weighted by Crippen LogP contribution is 2.39. The number of carbonyl (C=O) groups is 3. The molecule has 24 heavy (non-hydrogen) atoms. The summed E-state index contributed by atoms with van der Waals surface area (Å²) < 4.78 is 15.0. The molecule has 1 aliphatic heterocycles. The highest BCUT2D eigenvalue weighted by Gasteiger charge is 2.68. The minimum absolute atomic E-state index is 0.258. The molecule has 3 unspecified atom stereocenters. The molecule has 1 amide bonds. The molecule has 1 fully saturated rings. The third kappa shape index (κ3) is 2.49. The number of alkyl halides is 1. The standard InChI is InChI=1S/C16H18FN3O4/c1-8(2)11(13(22)23)20-14(19)16(17,15(20)24)12(21)10(18)9-6-4-3-5-7-9/h3-7,10,14H,18-19H2,1-2H3,(H,22,23). The van der Waals surface area contributed by atoms with Crippen LogP contribution in [0.15, 0.2) is 41.6 Å². The molecule has 1 heterocycles. The van der Waals surface area contributed by atoms with Gasteiger partial charge in [0.2, 0.25) is 5.78 Å². The lowest BCUT2D eigenvalue weighted by Gasteiger charge is -2.48. The van der Waals surface area contributed by atoms with Gasteiger partial charge in [0.05, 0.1) is 6.04 Å². The van der Waals surface area contributed by atoms with Crippen LogP contribution in [0.1, 0.15) is 25.5 Å². The third-order valence-electron chi connectivity index (χ3n) is 3.93. The number of carboxylic acid groups (broad SMARTS) is 1. The number of nitrogens with zero attached hydrogens (tertiary/aromatic N) is 1. The van der Waals surface area contributed by atoms with Crippen LogP contribution in [0.3, 0.4) is 0 Å². The van der Waals surface area contributed by atoms with E-state index < -0.39 is 41.2 Å². The number of aliphatic carboxylic acids is 1. The molecule has 0 radical (unpaired) electrons. The van der Waals surface area contributed by atoms with Crippen molar-refractivity contribution in [2.45, 2.75) is 31.7 Å². The zero-order valence-electron chi connectivity index (χ0n) is 13.2. The first-order valence-corrected chi connectivity index (χ1v) is 7.17. The Morgan fingerprint density at radius 3 is 2.25 bits per heavy atom. The number of halogens is 1. The van der Waals surface area contributed by atoms with Gasteiger partial charge in [-0.2, -0.15) is 0 Å². The van der Waals surface area contributed by atoms with E-state index in [2.05, 4.69) is 0 Å². The number of benzene rings is 1. The van der Waals surface area contributed by atoms with Gasteiger partial charge in [0.1, 0.15) is 11.9 Å². The number of rotatable bonds is 5. The lowest BCUT2D eigenvalue weighted by atomic mass is 9.80. The van der Waals surface area contributed by atoms with E-state index in [9.17, 15) is 23.9 Å². The minimum Gasteiger partial charge on any atom is -0.477 e. The van der Waals surface area contributed by atoms with Gasteiger partial charge in [-0.15, -0.1) is 0 Å². The number of hydrogen-bond acceptors (Lipinski definition) is 5. The average molecular weight is 335 g/mol. The topological polar surface area (TPSA) is 127 Å². The van der Waals surface area contributed by atoms with Crippen molar-refractivity contribution in [2.24, 2.45) is 11.5 Å². The van der Waals surface area contributed by atoms with Crippen molar-refractivity contribution in [1.29, 1.82) is 0 Å². The van der Waals surface area contributed by atoms with Crippen molar-refractivity contribution in [2.75, 3.05) is 0 Å². The van der Waals surface area contributed by atoms with Crippen LogP contribution in [0.25, 0.3) is 0 Å². The van der Waals surface area contributed by atoms with Gasteiger partial charge in [-0.25, -0.2) is 9.18 Å². The van der Waals surface area contributed by atoms with E-state index >= 15 is 0 Å². The average Bonchev–Trinajstić information content (AvgIpc) is 2.56. The highest BCUT2D eigenvalue weighted by atomic mass is 19.1. The summed E-state index contributed by atoms with van der Waals surface area (Å²) in [7, 11) is 0. The summed E-state index contributed by atoms with van der Waals surface area (Å²) in [6.45, 7) is 2.89. The molecular weight excluding hydrogens is 317 g/mol. The van der Waals surface area contributed by atoms with Crippen molar-refractivity contribution in [3.63, 3.8) is 0 Å². The molecule has 0 spiro atoms. The quantitative estimate of drug-likeness (QED) is 0.408. The number of carbonyl (C=O) groups excluding carboxylic acids is 2. The molecule has 2 rings (SSSR count). The summed E-state index contributed by atoms with van der Waals surface area (Å²) in [5, 5.41) is 9.17. The fourth-order valence-corrected chi connectivity index (χ4v) is 2.63. The predicted molar refractivity (Wildman–Crippen MR) is 83.0 cm³/mol. The summed E-state index contributed by atoms with van der Waals surface area (Å²) in [6.07, 6.45) is -1.74. The van der Waals surface area contributed by atoms with Crippen LogP contribution in [0.2, 0.25) is 0 Å². The van der Waals surface area contributed by atoms with Crippen LogP contribution < -0.4 is 11.5 Å². The van der Waals surface area contributed by atoms with Gasteiger partial charge in [-0.1, -0.05) is 30.3 Å². The maximum atomic E-state index is 15.0. The van der Waals surface area contributed by atoms with Gasteiger partial charge in [-0.05, 0) is 25.0 Å². The lowest BCUT2D eigenvalue weighted by molar-refractivity contribution is -0.179. The SMILES string of the molecule is CC(C)=C(C(=O)O)N1C(=O)C(F)(C(=O)C(N)c2ccccc2)C1N. The molecule has 0 aliphatic carbocycles. The van der Waals surface area contributed by atoms with Crippen LogP contribution in [-0.2, 0) is 14.4 Å². The highest BCUT2D eigenvalue weighted by molar-refractivity contribution is 6.18. The molecule has 0 aromatic heterocycles. The second-order valence-electron chi connectivity index (χ2n) is 5.74. The molecule has 0 bridgehead atoms. The van der Waals surface area contributed by atoms with Crippen LogP contribution in [0.5, 0.6) is 0 Å². The van der Waals surface area contributed by atoms with E-state index in [1.54, 1.807) is 18.2 Å². The fourth-order valence-electron chi connectivity index (χ4n) is 2.63. The Bertz CT molecular complexity index is 730. The number of amides is 1. The number of hydrogen-bond donors (Lipinski definition) is 3. The van der Waals surface area contributed by atoms with Gasteiger partial charge >= 0.3 is 5.97 Å². The van der Waals surface area contributed by atoms with E-state index in [0.29, 0.717) is 10.5 Å². The molecule has 0 saturated carbocycles. The summed E-state index contributed by atoms with van der Waals surface area (Å²) in [4.78, 5) is 36.4. The predicted octanol–water partition coefficient (Wildman–Crippen LogP) is 0.469. The number of β-lactam (4-membered cyclic amide) rings is 1. The first-order chi connectivity index (χ1) is 11.1. The Morgan fingerprint density at radius 2 is 1.83 bits per heavy atom. The molecule has 1 saturated heterocycles. The summed E-state index contributed by atoms with van der Waals surface area (Å²) >= 11 is 0. The van der Waals surface area contributed by atoms with E-state index in [4.69, 9.17) is 11.5 Å². The van der Waals surface area contributed by atoms with E-state index in [1.165, 1.54) is 26.0 Å². The summed E-state index contributed by atoms with van der Waals surface area (Å²) in [5.41, 5.74) is 8.49. The number of allylic oxidation sites excluding steroid dienone is 1. The molecule has 128 valence electrons. The molecule has 1 aromatic rings. The van der Waals surface area contributed by atoms with Crippen molar-refractivity contribution < 1.29 is 23.9 Å². The number of Topliss-reactive ketones (excluding diaryl/α,β-unsaturated/α-hetero) is 1. The molecule has 5 N–H and O–H groups in total. The summed E-state index contributed by atoms with van der Waals surface area (Å²) in [5.74, 6) is -3.94. The maximum absolute atomic E-state index is 15.0. The van der Waals surface area contributed by atoms with Crippen LogP contribution >= 0.6 is 0 Å². The van der Waals surface area contributed by atoms with Gasteiger partial charge < -0.3 is 16.6 Å². The van der Waals surface area contributed by atoms with E-state index in [0.717, 1.165) is 0 Å². The maximum Gasteiger partial charge on any atom is 0.352 e. The smallest absolute Gasteiger partial charge is 0.352 e. The molecular formula is C16H18FN3O4. The number of ketones is 1. The zero-order chi connectivity index (χ0) is 18.2. The van der Waals surface area contributed by atoms with Crippen LogP contribution in [0.4, 0.5) is 4.39 Å². The van der Waals surface area contributed by atoms with Crippen molar-refractivity contribution in [1.82, 2.24) is 4.90 Å². The molecule has 3 atom stereocenters. The Balaban J connectivity index is 2.33. The fraction of sp³-hybridized carbons (Fsp3) is 0.312. The van der Waals surface area contributed by atoms with Crippen molar-refractivity contribution >= 4 is 17.7 Å². The zero-order valence-corrected chi connectivity index (χ0v) is 13.2. The van der Waals surface area contributed by atoms with E-state index in [-0.39, 0.29) is 5.57 Å². The van der Waals surface area contributed by atoms with Crippen LogP contribution in [0, 0.1) is 0 Å². The Hall–Kier alpha value is -2.58. The molecule has 7 nitrogen and oxygen atoms in total. The van der Waals surface area contributed by atoms with Gasteiger partial charge in [0.15, 0.2) is 0 Å². The second kappa shape index (κ2) is 6.14. The van der Waals surface area contributed by atoms with Crippen LogP contribution in [-0.4, -0.2) is 39.5 Å². The molecule has 1 aromatic carbocycles. The lowest BCUT2D eigenvalue weighted by Crippen LogP contribution is -2.79. The Morgan fingerprint density at radius 1 is 1.29 bits per heavy atom. The second-order valence-corrected chi connectivity index (χ2v) is 5.74. The number of likely N-dealkylation sites (tertiary alicyclic amines) is 1. The number of nitrogens with two attached hydrogens (primary N) is 2. The van der Waals surface area contributed by atoms with Gasteiger partial charge in [0.25, 0.3) is 11.6 Å². The third-order valence-corrected chi connectivity index (χ3v) is 3.93. The Kier molecular flexibility index (Phi) is 4.54. The monoisotopic (exact) mass is 335 g/mol. The van der Waals surface area contributed by atoms with Gasteiger partial charge in [0, 0.05) is 0 Å². The van der Waals surface area contributed by atoms with Crippen molar-refractivity contribution in [3.8, 4) is 0 Å². The first kappa shape index (κ1) is 17.8. The molecule has 1 aliphatic rings. The van der Waals surface area contributed by atoms with Gasteiger partial charge in [-0.3, -0.25) is 14.5 Å². The van der Waals surface area contributed by atoms with Crippen molar-refractivity contribution in [3.05, 3.63) is 47.2 Å². The Labute approximate surface area is 137 Å². The summed E-state index contributed by atoms with van der Waals surface area (Å²) in [6, 6.07) is 6.60. The normalized spacial score (nSPS) is 24.1.